The van der Waals surface area contributed by atoms with Crippen molar-refractivity contribution in [3.8, 4) is 0 Å². The number of hydrogen-bond acceptors (Lipinski definition) is 1. The number of nitrogens with zero attached hydrogens (tertiary/aromatic N) is 1. The van der Waals surface area contributed by atoms with E-state index < -0.39 is 11.6 Å². The number of benzene rings is 1. The molecule has 1 N–H and O–H groups in total. The molecule has 1 aromatic heterocycles. The lowest BCUT2D eigenvalue weighted by Gasteiger charge is -2.14. The second-order valence-corrected chi connectivity index (χ2v) is 6.26. The molecule has 1 heterocycles. The van der Waals surface area contributed by atoms with Crippen molar-refractivity contribution in [2.24, 2.45) is 5.92 Å². The van der Waals surface area contributed by atoms with Crippen LogP contribution in [0.3, 0.4) is 0 Å². The molecule has 2 rings (SSSR count). The zero-order valence-corrected chi connectivity index (χ0v) is 13.9. The fourth-order valence-corrected chi connectivity index (χ4v) is 2.56. The molecule has 1 amide bonds. The third-order valence-corrected chi connectivity index (χ3v) is 3.71. The van der Waals surface area contributed by atoms with E-state index in [1.807, 2.05) is 38.3 Å². The molecule has 0 bridgehead atoms. The van der Waals surface area contributed by atoms with E-state index in [2.05, 4.69) is 5.32 Å². The van der Waals surface area contributed by atoms with Gasteiger partial charge in [0.1, 0.15) is 5.69 Å². The summed E-state index contributed by atoms with van der Waals surface area (Å²) in [6.07, 6.45) is 0. The summed E-state index contributed by atoms with van der Waals surface area (Å²) < 4.78 is 28.3. The first-order chi connectivity index (χ1) is 10.8. The van der Waals surface area contributed by atoms with Gasteiger partial charge in [0.25, 0.3) is 5.91 Å². The molecule has 0 atom stereocenters. The Balaban J connectivity index is 2.31. The van der Waals surface area contributed by atoms with Crippen LogP contribution in [-0.2, 0) is 6.54 Å². The van der Waals surface area contributed by atoms with Crippen LogP contribution in [0.25, 0.3) is 0 Å². The van der Waals surface area contributed by atoms with Gasteiger partial charge >= 0.3 is 0 Å². The first kappa shape index (κ1) is 17.2. The topological polar surface area (TPSA) is 34.0 Å². The Labute approximate surface area is 135 Å². The third kappa shape index (κ3) is 3.97. The van der Waals surface area contributed by atoms with E-state index >= 15 is 0 Å². The Hall–Kier alpha value is -2.17. The van der Waals surface area contributed by atoms with E-state index in [1.165, 1.54) is 12.1 Å². The van der Waals surface area contributed by atoms with Crippen LogP contribution in [0.1, 0.15) is 41.2 Å². The van der Waals surface area contributed by atoms with Gasteiger partial charge in [-0.15, -0.1) is 0 Å². The van der Waals surface area contributed by atoms with Gasteiger partial charge in [-0.2, -0.15) is 0 Å². The van der Waals surface area contributed by atoms with E-state index in [-0.39, 0.29) is 5.91 Å². The first-order valence-electron chi connectivity index (χ1n) is 7.68. The van der Waals surface area contributed by atoms with E-state index in [9.17, 15) is 13.6 Å². The number of carbonyl (C=O) groups excluding carboxylic acids is 1. The molecule has 0 saturated heterocycles. The van der Waals surface area contributed by atoms with Crippen LogP contribution in [0, 0.1) is 31.4 Å². The average molecular weight is 320 g/mol. The highest BCUT2D eigenvalue weighted by Crippen LogP contribution is 2.18. The van der Waals surface area contributed by atoms with Crippen molar-refractivity contribution in [1.29, 1.82) is 0 Å². The van der Waals surface area contributed by atoms with E-state index in [0.29, 0.717) is 30.3 Å². The summed E-state index contributed by atoms with van der Waals surface area (Å²) in [5.41, 5.74) is 2.95. The lowest BCUT2D eigenvalue weighted by molar-refractivity contribution is 0.0939. The molecule has 0 radical (unpaired) electrons. The highest BCUT2D eigenvalue weighted by Gasteiger charge is 2.18. The predicted octanol–water partition coefficient (Wildman–Crippen LogP) is 3.82. The van der Waals surface area contributed by atoms with Gasteiger partial charge in [-0.05, 0) is 49.1 Å². The Morgan fingerprint density at radius 3 is 2.48 bits per heavy atom. The van der Waals surface area contributed by atoms with Crippen LogP contribution >= 0.6 is 0 Å². The summed E-state index contributed by atoms with van der Waals surface area (Å²) in [7, 11) is 0. The lowest BCUT2D eigenvalue weighted by atomic mass is 10.2. The fourth-order valence-electron chi connectivity index (χ4n) is 2.56. The minimum atomic E-state index is -0.880. The number of rotatable bonds is 5. The molecule has 2 aromatic rings. The molecule has 0 aliphatic heterocycles. The predicted molar refractivity (Wildman–Crippen MR) is 86.5 cm³/mol. The molecule has 1 aromatic carbocycles. The molecular weight excluding hydrogens is 298 g/mol. The molecular formula is C18H22F2N2O. The van der Waals surface area contributed by atoms with Gasteiger partial charge in [0, 0.05) is 18.8 Å². The van der Waals surface area contributed by atoms with Crippen LogP contribution in [0.4, 0.5) is 8.78 Å². The number of hydrogen-bond donors (Lipinski definition) is 1. The summed E-state index contributed by atoms with van der Waals surface area (Å²) in [5, 5.41) is 2.91. The van der Waals surface area contributed by atoms with Crippen molar-refractivity contribution in [2.75, 3.05) is 6.54 Å². The first-order valence-corrected chi connectivity index (χ1v) is 7.68. The van der Waals surface area contributed by atoms with Gasteiger partial charge in [-0.25, -0.2) is 8.78 Å². The van der Waals surface area contributed by atoms with Crippen LogP contribution < -0.4 is 5.32 Å². The van der Waals surface area contributed by atoms with Crippen molar-refractivity contribution in [3.63, 3.8) is 0 Å². The van der Waals surface area contributed by atoms with Crippen molar-refractivity contribution in [2.45, 2.75) is 34.2 Å². The fraction of sp³-hybridized carbons (Fsp3) is 0.389. The SMILES string of the molecule is Cc1cc(C)n(Cc2ccc(F)c(F)c2)c1C(=O)NCC(C)C. The van der Waals surface area contributed by atoms with Gasteiger partial charge in [0.05, 0.1) is 0 Å². The maximum Gasteiger partial charge on any atom is 0.268 e. The average Bonchev–Trinajstić information content (AvgIpc) is 2.74. The molecule has 23 heavy (non-hydrogen) atoms. The molecule has 124 valence electrons. The Kier molecular flexibility index (Phi) is 5.19. The molecule has 5 heteroatoms. The Bertz CT molecular complexity index is 720. The van der Waals surface area contributed by atoms with Crippen molar-refractivity contribution in [1.82, 2.24) is 9.88 Å². The molecule has 3 nitrogen and oxygen atoms in total. The minimum Gasteiger partial charge on any atom is -0.350 e. The number of aromatic nitrogens is 1. The van der Waals surface area contributed by atoms with Crippen molar-refractivity contribution < 1.29 is 13.6 Å². The Morgan fingerprint density at radius 2 is 1.87 bits per heavy atom. The number of halogens is 2. The lowest BCUT2D eigenvalue weighted by Crippen LogP contribution is -2.30. The smallest absolute Gasteiger partial charge is 0.268 e. The quantitative estimate of drug-likeness (QED) is 0.893. The van der Waals surface area contributed by atoms with Crippen molar-refractivity contribution >= 4 is 5.91 Å². The van der Waals surface area contributed by atoms with Crippen LogP contribution in [0.2, 0.25) is 0 Å². The standard InChI is InChI=1S/C18H22F2N2O/c1-11(2)9-21-18(23)17-12(3)7-13(4)22(17)10-14-5-6-15(19)16(20)8-14/h5-8,11H,9-10H2,1-4H3,(H,21,23). The molecule has 0 aliphatic rings. The van der Waals surface area contributed by atoms with E-state index in [1.54, 1.807) is 0 Å². The molecule has 0 spiro atoms. The number of amides is 1. The summed E-state index contributed by atoms with van der Waals surface area (Å²) in [4.78, 5) is 12.4. The summed E-state index contributed by atoms with van der Waals surface area (Å²) in [6.45, 7) is 8.73. The van der Waals surface area contributed by atoms with Gasteiger partial charge in [0.2, 0.25) is 0 Å². The van der Waals surface area contributed by atoms with Gasteiger partial charge in [-0.1, -0.05) is 19.9 Å². The monoisotopic (exact) mass is 320 g/mol. The van der Waals surface area contributed by atoms with Crippen LogP contribution in [-0.4, -0.2) is 17.0 Å². The van der Waals surface area contributed by atoms with Gasteiger partial charge in [-0.3, -0.25) is 4.79 Å². The zero-order valence-electron chi connectivity index (χ0n) is 13.9. The molecule has 0 saturated carbocycles. The number of nitrogens with one attached hydrogen (secondary N) is 1. The number of aryl methyl sites for hydroxylation is 2. The normalized spacial score (nSPS) is 11.1. The maximum absolute atomic E-state index is 13.4. The summed E-state index contributed by atoms with van der Waals surface area (Å²) >= 11 is 0. The third-order valence-electron chi connectivity index (χ3n) is 3.71. The van der Waals surface area contributed by atoms with E-state index in [0.717, 1.165) is 17.3 Å². The summed E-state index contributed by atoms with van der Waals surface area (Å²) in [6, 6.07) is 5.72. The minimum absolute atomic E-state index is 0.146. The number of carbonyl (C=O) groups is 1. The van der Waals surface area contributed by atoms with Gasteiger partial charge in [0.15, 0.2) is 11.6 Å². The zero-order chi connectivity index (χ0) is 17.1. The largest absolute Gasteiger partial charge is 0.350 e. The second-order valence-electron chi connectivity index (χ2n) is 6.26. The van der Waals surface area contributed by atoms with Crippen molar-refractivity contribution in [3.05, 3.63) is 58.4 Å². The highest BCUT2D eigenvalue weighted by molar-refractivity contribution is 5.94. The molecule has 0 unspecified atom stereocenters. The maximum atomic E-state index is 13.4. The van der Waals surface area contributed by atoms with Crippen LogP contribution in [0.5, 0.6) is 0 Å². The molecule has 0 fully saturated rings. The highest BCUT2D eigenvalue weighted by atomic mass is 19.2. The second kappa shape index (κ2) is 6.94. The summed E-state index contributed by atoms with van der Waals surface area (Å²) in [5.74, 6) is -1.54. The van der Waals surface area contributed by atoms with Gasteiger partial charge < -0.3 is 9.88 Å². The van der Waals surface area contributed by atoms with E-state index in [4.69, 9.17) is 0 Å². The van der Waals surface area contributed by atoms with Crippen LogP contribution in [0.15, 0.2) is 24.3 Å². The molecule has 0 aliphatic carbocycles. The Morgan fingerprint density at radius 1 is 1.17 bits per heavy atom.